The van der Waals surface area contributed by atoms with Crippen molar-refractivity contribution in [2.45, 2.75) is 31.9 Å². The third-order valence-electron chi connectivity index (χ3n) is 4.47. The van der Waals surface area contributed by atoms with E-state index in [1.807, 2.05) is 17.0 Å². The van der Waals surface area contributed by atoms with Crippen LogP contribution in [0.15, 0.2) is 24.3 Å². The zero-order valence-electron chi connectivity index (χ0n) is 12.0. The van der Waals surface area contributed by atoms with Gasteiger partial charge >= 0.3 is 0 Å². The molecular formula is C16H22N2O2. The molecule has 2 aliphatic rings. The summed E-state index contributed by atoms with van der Waals surface area (Å²) >= 11 is 0. The van der Waals surface area contributed by atoms with Crippen LogP contribution >= 0.6 is 0 Å². The molecule has 0 atom stereocenters. The molecule has 0 unspecified atom stereocenters. The highest BCUT2D eigenvalue weighted by molar-refractivity contribution is 5.78. The zero-order chi connectivity index (χ0) is 14.0. The molecule has 2 aliphatic heterocycles. The number of ether oxygens (including phenoxy) is 1. The number of nitrogens with one attached hydrogen (secondary N) is 1. The molecule has 2 saturated heterocycles. The van der Waals surface area contributed by atoms with Crippen LogP contribution in [0.5, 0.6) is 0 Å². The van der Waals surface area contributed by atoms with Gasteiger partial charge in [0, 0.05) is 6.54 Å². The lowest BCUT2D eigenvalue weighted by molar-refractivity contribution is -0.168. The Hall–Kier alpha value is -1.39. The summed E-state index contributed by atoms with van der Waals surface area (Å²) < 4.78 is 5.89. The monoisotopic (exact) mass is 274 g/mol. The molecule has 0 radical (unpaired) electrons. The summed E-state index contributed by atoms with van der Waals surface area (Å²) in [4.78, 5) is 14.1. The first-order valence-electron chi connectivity index (χ1n) is 7.36. The van der Waals surface area contributed by atoms with Crippen molar-refractivity contribution in [3.05, 3.63) is 35.4 Å². The van der Waals surface area contributed by atoms with Gasteiger partial charge in [-0.1, -0.05) is 24.3 Å². The first-order chi connectivity index (χ1) is 9.69. The van der Waals surface area contributed by atoms with Crippen LogP contribution in [-0.4, -0.2) is 42.6 Å². The molecule has 0 saturated carbocycles. The number of nitrogens with zero attached hydrogens (tertiary/aromatic N) is 1. The Morgan fingerprint density at radius 2 is 2.05 bits per heavy atom. The number of benzene rings is 1. The summed E-state index contributed by atoms with van der Waals surface area (Å²) in [5, 5.41) is 3.36. The maximum atomic E-state index is 12.1. The molecule has 108 valence electrons. The van der Waals surface area contributed by atoms with Gasteiger partial charge in [0.25, 0.3) is 0 Å². The first-order valence-corrected chi connectivity index (χ1v) is 7.36. The molecule has 2 fully saturated rings. The Kier molecular flexibility index (Phi) is 3.76. The highest BCUT2D eigenvalue weighted by Crippen LogP contribution is 2.29. The average molecular weight is 274 g/mol. The largest absolute Gasteiger partial charge is 0.363 e. The predicted octanol–water partition coefficient (Wildman–Crippen LogP) is 1.48. The minimum atomic E-state index is -0.123. The second-order valence-corrected chi connectivity index (χ2v) is 5.90. The summed E-state index contributed by atoms with van der Waals surface area (Å²) in [6, 6.07) is 8.27. The SMILES string of the molecule is Cc1ccccc1CN1CC2(CCNCC2)OCC1=O. The van der Waals surface area contributed by atoms with E-state index < -0.39 is 0 Å². The zero-order valence-corrected chi connectivity index (χ0v) is 12.0. The van der Waals surface area contributed by atoms with Gasteiger partial charge in [-0.15, -0.1) is 0 Å². The normalized spacial score (nSPS) is 22.2. The molecule has 2 heterocycles. The third-order valence-corrected chi connectivity index (χ3v) is 4.47. The van der Waals surface area contributed by atoms with Crippen molar-refractivity contribution in [1.82, 2.24) is 10.2 Å². The molecule has 3 rings (SSSR count). The summed E-state index contributed by atoms with van der Waals surface area (Å²) in [6.45, 7) is 5.71. The molecular weight excluding hydrogens is 252 g/mol. The van der Waals surface area contributed by atoms with Crippen molar-refractivity contribution in [1.29, 1.82) is 0 Å². The topological polar surface area (TPSA) is 41.6 Å². The molecule has 1 aromatic rings. The first kappa shape index (κ1) is 13.6. The Bertz CT molecular complexity index is 495. The molecule has 0 aromatic heterocycles. The highest BCUT2D eigenvalue weighted by Gasteiger charge is 2.40. The van der Waals surface area contributed by atoms with Gasteiger partial charge < -0.3 is 15.0 Å². The van der Waals surface area contributed by atoms with Gasteiger partial charge in [0.2, 0.25) is 5.91 Å². The van der Waals surface area contributed by atoms with E-state index >= 15 is 0 Å². The number of carbonyl (C=O) groups excluding carboxylic acids is 1. The van der Waals surface area contributed by atoms with Gasteiger partial charge in [-0.3, -0.25) is 4.79 Å². The summed E-state index contributed by atoms with van der Waals surface area (Å²) in [5.74, 6) is 0.109. The fourth-order valence-electron chi connectivity index (χ4n) is 3.11. The second-order valence-electron chi connectivity index (χ2n) is 5.90. The van der Waals surface area contributed by atoms with Crippen LogP contribution in [0, 0.1) is 6.92 Å². The van der Waals surface area contributed by atoms with Crippen LogP contribution in [0.25, 0.3) is 0 Å². The van der Waals surface area contributed by atoms with E-state index in [-0.39, 0.29) is 18.1 Å². The lowest BCUT2D eigenvalue weighted by atomic mass is 9.90. The van der Waals surface area contributed by atoms with Gasteiger partial charge in [0.05, 0.1) is 12.1 Å². The summed E-state index contributed by atoms with van der Waals surface area (Å²) in [5.41, 5.74) is 2.35. The smallest absolute Gasteiger partial charge is 0.248 e. The van der Waals surface area contributed by atoms with Gasteiger partial charge in [-0.2, -0.15) is 0 Å². The number of carbonyl (C=O) groups is 1. The van der Waals surface area contributed by atoms with Crippen LogP contribution < -0.4 is 5.32 Å². The Balaban J connectivity index is 1.74. The summed E-state index contributed by atoms with van der Waals surface area (Å²) in [6.07, 6.45) is 1.98. The Labute approximate surface area is 120 Å². The minimum Gasteiger partial charge on any atom is -0.363 e. The molecule has 0 aliphatic carbocycles. The Morgan fingerprint density at radius 3 is 2.80 bits per heavy atom. The lowest BCUT2D eigenvalue weighted by Crippen LogP contribution is -2.57. The molecule has 1 amide bonds. The van der Waals surface area contributed by atoms with Gasteiger partial charge in [0.1, 0.15) is 6.61 Å². The average Bonchev–Trinajstić information content (AvgIpc) is 2.47. The number of hydrogen-bond donors (Lipinski definition) is 1. The van der Waals surface area contributed by atoms with Crippen molar-refractivity contribution in [2.75, 3.05) is 26.2 Å². The predicted molar refractivity (Wildman–Crippen MR) is 77.4 cm³/mol. The highest BCUT2D eigenvalue weighted by atomic mass is 16.5. The summed E-state index contributed by atoms with van der Waals surface area (Å²) in [7, 11) is 0. The molecule has 4 heteroatoms. The van der Waals surface area contributed by atoms with E-state index in [0.29, 0.717) is 6.54 Å². The van der Waals surface area contributed by atoms with Gasteiger partial charge in [-0.25, -0.2) is 0 Å². The van der Waals surface area contributed by atoms with Crippen LogP contribution in [0.1, 0.15) is 24.0 Å². The van der Waals surface area contributed by atoms with Crippen LogP contribution in [-0.2, 0) is 16.1 Å². The second kappa shape index (κ2) is 5.54. The van der Waals surface area contributed by atoms with Crippen molar-refractivity contribution in [2.24, 2.45) is 0 Å². The van der Waals surface area contributed by atoms with Crippen molar-refractivity contribution >= 4 is 5.91 Å². The van der Waals surface area contributed by atoms with E-state index in [9.17, 15) is 4.79 Å². The van der Waals surface area contributed by atoms with Crippen molar-refractivity contribution in [3.8, 4) is 0 Å². The molecule has 1 spiro atoms. The third kappa shape index (κ3) is 2.72. The molecule has 4 nitrogen and oxygen atoms in total. The van der Waals surface area contributed by atoms with Crippen LogP contribution in [0.2, 0.25) is 0 Å². The number of amides is 1. The van der Waals surface area contributed by atoms with Crippen LogP contribution in [0.4, 0.5) is 0 Å². The standard InChI is InChI=1S/C16H22N2O2/c1-13-4-2-3-5-14(13)10-18-12-16(20-11-15(18)19)6-8-17-9-7-16/h2-5,17H,6-12H2,1H3. The van der Waals surface area contributed by atoms with Crippen molar-refractivity contribution in [3.63, 3.8) is 0 Å². The van der Waals surface area contributed by atoms with Crippen molar-refractivity contribution < 1.29 is 9.53 Å². The number of hydrogen-bond acceptors (Lipinski definition) is 3. The lowest BCUT2D eigenvalue weighted by Gasteiger charge is -2.45. The van der Waals surface area contributed by atoms with E-state index in [1.54, 1.807) is 0 Å². The molecule has 0 bridgehead atoms. The van der Waals surface area contributed by atoms with E-state index in [2.05, 4.69) is 24.4 Å². The van der Waals surface area contributed by atoms with E-state index in [1.165, 1.54) is 11.1 Å². The van der Waals surface area contributed by atoms with Gasteiger partial charge in [-0.05, 0) is 44.0 Å². The van der Waals surface area contributed by atoms with E-state index in [0.717, 1.165) is 32.5 Å². The van der Waals surface area contributed by atoms with Gasteiger partial charge in [0.15, 0.2) is 0 Å². The maximum Gasteiger partial charge on any atom is 0.248 e. The Morgan fingerprint density at radius 1 is 1.30 bits per heavy atom. The fraction of sp³-hybridized carbons (Fsp3) is 0.562. The minimum absolute atomic E-state index is 0.109. The number of morpholine rings is 1. The number of piperidine rings is 1. The molecule has 1 aromatic carbocycles. The quantitative estimate of drug-likeness (QED) is 0.888. The number of aryl methyl sites for hydroxylation is 1. The number of rotatable bonds is 2. The fourth-order valence-corrected chi connectivity index (χ4v) is 3.11. The molecule has 1 N–H and O–H groups in total. The molecule has 20 heavy (non-hydrogen) atoms. The van der Waals surface area contributed by atoms with Crippen LogP contribution in [0.3, 0.4) is 0 Å². The van der Waals surface area contributed by atoms with E-state index in [4.69, 9.17) is 4.74 Å². The maximum absolute atomic E-state index is 12.1.